The van der Waals surface area contributed by atoms with Gasteiger partial charge in [0.2, 0.25) is 0 Å². The molecule has 0 bridgehead atoms. The monoisotopic (exact) mass is 148 g/mol. The fourth-order valence-corrected chi connectivity index (χ4v) is 1.05. The van der Waals surface area contributed by atoms with E-state index < -0.39 is 0 Å². The van der Waals surface area contributed by atoms with Gasteiger partial charge in [-0.1, -0.05) is 20.3 Å². The normalized spacial score (nSPS) is 17.3. The van der Waals surface area contributed by atoms with Gasteiger partial charge in [0.25, 0.3) is 0 Å². The maximum atomic E-state index is 8.68. The molecule has 0 aliphatic carbocycles. The molecule has 2 atom stereocenters. The summed E-state index contributed by atoms with van der Waals surface area (Å²) in [5.41, 5.74) is 0. The Bertz CT molecular complexity index is 65.9. The lowest BCUT2D eigenvalue weighted by molar-refractivity contribution is 0.232. The molecule has 0 aliphatic heterocycles. The highest BCUT2D eigenvalue weighted by molar-refractivity contribution is 7.81. The van der Waals surface area contributed by atoms with E-state index in [2.05, 4.69) is 19.6 Å². The predicted octanol–water partition coefficient (Wildman–Crippen LogP) is 1.71. The van der Waals surface area contributed by atoms with E-state index in [1.807, 2.05) is 6.92 Å². The first kappa shape index (κ1) is 9.31. The largest absolute Gasteiger partial charge is 0.396 e. The summed E-state index contributed by atoms with van der Waals surface area (Å²) in [4.78, 5) is 0. The smallest absolute Gasteiger partial charge is 0.0467 e. The zero-order valence-electron chi connectivity index (χ0n) is 6.17. The fraction of sp³-hybridized carbons (Fsp3) is 1.00. The Balaban J connectivity index is 3.32. The molecule has 56 valence electrons. The van der Waals surface area contributed by atoms with Crippen molar-refractivity contribution >= 4 is 12.6 Å². The van der Waals surface area contributed by atoms with Gasteiger partial charge in [-0.25, -0.2) is 0 Å². The van der Waals surface area contributed by atoms with Crippen molar-refractivity contribution in [2.75, 3.05) is 6.61 Å². The zero-order valence-corrected chi connectivity index (χ0v) is 7.06. The molecule has 0 radical (unpaired) electrons. The van der Waals surface area contributed by atoms with Crippen molar-refractivity contribution in [1.82, 2.24) is 0 Å². The molecule has 9 heavy (non-hydrogen) atoms. The van der Waals surface area contributed by atoms with Gasteiger partial charge in [-0.15, -0.1) is 0 Å². The van der Waals surface area contributed by atoms with E-state index in [0.29, 0.717) is 11.2 Å². The molecule has 2 unspecified atom stereocenters. The number of hydrogen-bond donors (Lipinski definition) is 2. The summed E-state index contributed by atoms with van der Waals surface area (Å²) in [6.07, 6.45) is 2.25. The molecule has 2 heteroatoms. The van der Waals surface area contributed by atoms with Crippen LogP contribution >= 0.6 is 12.6 Å². The van der Waals surface area contributed by atoms with Crippen LogP contribution in [-0.2, 0) is 0 Å². The van der Waals surface area contributed by atoms with Gasteiger partial charge in [-0.3, -0.25) is 0 Å². The minimum absolute atomic E-state index is 0.258. The summed E-state index contributed by atoms with van der Waals surface area (Å²) >= 11 is 4.33. The van der Waals surface area contributed by atoms with Crippen LogP contribution in [0.1, 0.15) is 26.7 Å². The third-order valence-corrected chi connectivity index (χ3v) is 2.30. The van der Waals surface area contributed by atoms with Gasteiger partial charge in [0.1, 0.15) is 0 Å². The van der Waals surface area contributed by atoms with Gasteiger partial charge in [-0.2, -0.15) is 12.6 Å². The average Bonchev–Trinajstić information content (AvgIpc) is 1.87. The molecule has 0 aromatic heterocycles. The lowest BCUT2D eigenvalue weighted by Gasteiger charge is -2.14. The molecule has 0 saturated heterocycles. The summed E-state index contributed by atoms with van der Waals surface area (Å²) in [7, 11) is 0. The highest BCUT2D eigenvalue weighted by atomic mass is 32.1. The summed E-state index contributed by atoms with van der Waals surface area (Å²) in [6.45, 7) is 4.41. The van der Waals surface area contributed by atoms with Gasteiger partial charge in [-0.05, 0) is 12.3 Å². The first-order valence-corrected chi connectivity index (χ1v) is 4.03. The van der Waals surface area contributed by atoms with E-state index in [1.165, 1.54) is 0 Å². The zero-order chi connectivity index (χ0) is 7.28. The summed E-state index contributed by atoms with van der Waals surface area (Å²) in [5, 5.41) is 9.06. The number of thiol groups is 1. The Morgan fingerprint density at radius 3 is 2.44 bits per heavy atom. The quantitative estimate of drug-likeness (QED) is 0.582. The molecule has 0 aromatic rings. The second kappa shape index (κ2) is 5.12. The number of rotatable bonds is 4. The van der Waals surface area contributed by atoms with Crippen LogP contribution in [0, 0.1) is 5.92 Å². The van der Waals surface area contributed by atoms with Crippen molar-refractivity contribution in [3.63, 3.8) is 0 Å². The number of aliphatic hydroxyl groups excluding tert-OH is 1. The van der Waals surface area contributed by atoms with E-state index in [0.717, 1.165) is 12.8 Å². The number of hydrogen-bond acceptors (Lipinski definition) is 2. The molecule has 1 N–H and O–H groups in total. The van der Waals surface area contributed by atoms with E-state index in [-0.39, 0.29) is 6.61 Å². The second-order valence-corrected chi connectivity index (χ2v) is 3.18. The fourth-order valence-electron chi connectivity index (χ4n) is 0.702. The second-order valence-electron chi connectivity index (χ2n) is 2.52. The third kappa shape index (κ3) is 3.82. The highest BCUT2D eigenvalue weighted by Gasteiger charge is 2.09. The topological polar surface area (TPSA) is 20.2 Å². The molecule has 0 fully saturated rings. The molecule has 0 aliphatic rings. The lowest BCUT2D eigenvalue weighted by Crippen LogP contribution is -2.14. The van der Waals surface area contributed by atoms with Gasteiger partial charge in [0.15, 0.2) is 0 Å². The van der Waals surface area contributed by atoms with Crippen molar-refractivity contribution in [2.45, 2.75) is 31.9 Å². The molecule has 1 nitrogen and oxygen atoms in total. The van der Waals surface area contributed by atoms with Crippen molar-refractivity contribution < 1.29 is 5.11 Å². The van der Waals surface area contributed by atoms with Crippen molar-refractivity contribution in [1.29, 1.82) is 0 Å². The van der Waals surface area contributed by atoms with Crippen LogP contribution in [-0.4, -0.2) is 17.0 Å². The molecule has 0 saturated carbocycles. The third-order valence-electron chi connectivity index (χ3n) is 1.53. The van der Waals surface area contributed by atoms with E-state index >= 15 is 0 Å². The van der Waals surface area contributed by atoms with E-state index in [9.17, 15) is 0 Å². The van der Waals surface area contributed by atoms with Crippen LogP contribution in [0.3, 0.4) is 0 Å². The SMILES string of the molecule is CCCC(S)C(C)CO. The summed E-state index contributed by atoms with van der Waals surface area (Å²) in [6, 6.07) is 0. The predicted molar refractivity (Wildman–Crippen MR) is 43.9 cm³/mol. The van der Waals surface area contributed by atoms with Crippen LogP contribution in [0.15, 0.2) is 0 Å². The Morgan fingerprint density at radius 2 is 2.11 bits per heavy atom. The van der Waals surface area contributed by atoms with Crippen molar-refractivity contribution in [3.8, 4) is 0 Å². The number of aliphatic hydroxyl groups is 1. The summed E-state index contributed by atoms with van der Waals surface area (Å²) < 4.78 is 0. The van der Waals surface area contributed by atoms with Crippen molar-refractivity contribution in [2.24, 2.45) is 5.92 Å². The van der Waals surface area contributed by atoms with E-state index in [1.54, 1.807) is 0 Å². The van der Waals surface area contributed by atoms with E-state index in [4.69, 9.17) is 5.11 Å². The van der Waals surface area contributed by atoms with Crippen LogP contribution in [0.25, 0.3) is 0 Å². The molecule has 0 spiro atoms. The van der Waals surface area contributed by atoms with Gasteiger partial charge in [0.05, 0.1) is 0 Å². The van der Waals surface area contributed by atoms with Gasteiger partial charge < -0.3 is 5.11 Å². The van der Waals surface area contributed by atoms with Gasteiger partial charge in [0, 0.05) is 11.9 Å². The standard InChI is InChI=1S/C7H16OS/c1-3-4-7(9)6(2)5-8/h6-9H,3-5H2,1-2H3. The Labute approximate surface area is 62.9 Å². The Kier molecular flexibility index (Phi) is 5.30. The van der Waals surface area contributed by atoms with Crippen LogP contribution in [0.5, 0.6) is 0 Å². The molecule has 0 amide bonds. The Hall–Kier alpha value is 0.310. The Morgan fingerprint density at radius 1 is 1.56 bits per heavy atom. The minimum atomic E-state index is 0.258. The molecule has 0 rings (SSSR count). The maximum Gasteiger partial charge on any atom is 0.0467 e. The minimum Gasteiger partial charge on any atom is -0.396 e. The maximum absolute atomic E-state index is 8.68. The van der Waals surface area contributed by atoms with Crippen LogP contribution < -0.4 is 0 Å². The molecular weight excluding hydrogens is 132 g/mol. The molecule has 0 heterocycles. The van der Waals surface area contributed by atoms with Crippen LogP contribution in [0.2, 0.25) is 0 Å². The molecular formula is C7H16OS. The van der Waals surface area contributed by atoms with Gasteiger partial charge >= 0.3 is 0 Å². The van der Waals surface area contributed by atoms with Crippen molar-refractivity contribution in [3.05, 3.63) is 0 Å². The van der Waals surface area contributed by atoms with Crippen LogP contribution in [0.4, 0.5) is 0 Å². The first-order chi connectivity index (χ1) is 4.22. The highest BCUT2D eigenvalue weighted by Crippen LogP contribution is 2.14. The molecule has 0 aromatic carbocycles. The average molecular weight is 148 g/mol. The lowest BCUT2D eigenvalue weighted by atomic mass is 10.1. The summed E-state index contributed by atoms with van der Waals surface area (Å²) in [5.74, 6) is 0.341. The first-order valence-electron chi connectivity index (χ1n) is 3.51.